The number of nitrogens with one attached hydrogen (secondary N) is 1. The zero-order valence-electron chi connectivity index (χ0n) is 11.1. The highest BCUT2D eigenvalue weighted by Crippen LogP contribution is 2.26. The fraction of sp³-hybridized carbons (Fsp3) is 0.133. The van der Waals surface area contributed by atoms with Gasteiger partial charge >= 0.3 is 0 Å². The highest BCUT2D eigenvalue weighted by Gasteiger charge is 2.09. The van der Waals surface area contributed by atoms with E-state index in [2.05, 4.69) is 33.9 Å². The van der Waals surface area contributed by atoms with Crippen molar-refractivity contribution in [2.45, 2.75) is 6.92 Å². The van der Waals surface area contributed by atoms with Gasteiger partial charge in [-0.05, 0) is 61.1 Å². The summed E-state index contributed by atoms with van der Waals surface area (Å²) in [5.41, 5.74) is 4.25. The number of benzene rings is 2. The molecule has 2 aromatic carbocycles. The van der Waals surface area contributed by atoms with Crippen molar-refractivity contribution in [1.82, 2.24) is 9.55 Å². The van der Waals surface area contributed by atoms with E-state index >= 15 is 0 Å². The van der Waals surface area contributed by atoms with Gasteiger partial charge in [-0.2, -0.15) is 0 Å². The number of methoxy groups -OCH3 is 1. The molecule has 0 saturated heterocycles. The summed E-state index contributed by atoms with van der Waals surface area (Å²) in [6.45, 7) is 2.05. The molecule has 3 aromatic rings. The van der Waals surface area contributed by atoms with Crippen LogP contribution < -0.4 is 4.74 Å². The van der Waals surface area contributed by atoms with E-state index in [0.717, 1.165) is 32.5 Å². The number of halogens is 1. The van der Waals surface area contributed by atoms with Gasteiger partial charge in [-0.1, -0.05) is 15.9 Å². The average molecular weight is 349 g/mol. The molecule has 1 heterocycles. The van der Waals surface area contributed by atoms with E-state index in [4.69, 9.17) is 17.0 Å². The molecule has 1 aromatic heterocycles. The summed E-state index contributed by atoms with van der Waals surface area (Å²) in [5, 5.41) is 0. The molecule has 0 spiro atoms. The number of hydrogen-bond acceptors (Lipinski definition) is 2. The Hall–Kier alpha value is -1.59. The lowest BCUT2D eigenvalue weighted by molar-refractivity contribution is 0.414. The van der Waals surface area contributed by atoms with Gasteiger partial charge in [0.1, 0.15) is 5.75 Å². The predicted octanol–water partition coefficient (Wildman–Crippen LogP) is 4.77. The van der Waals surface area contributed by atoms with Crippen LogP contribution in [0.2, 0.25) is 0 Å². The number of rotatable bonds is 2. The molecule has 0 saturated carbocycles. The van der Waals surface area contributed by atoms with E-state index < -0.39 is 0 Å². The molecule has 3 rings (SSSR count). The molecule has 0 amide bonds. The van der Waals surface area contributed by atoms with E-state index in [9.17, 15) is 0 Å². The standard InChI is InChI=1S/C15H13BrN2OS/c1-9-7-11(19-2)4-6-13(9)18-14-5-3-10(16)8-12(14)17-15(18)20/h3-8H,1-2H3,(H,17,20). The summed E-state index contributed by atoms with van der Waals surface area (Å²) in [5.74, 6) is 0.848. The lowest BCUT2D eigenvalue weighted by Crippen LogP contribution is -1.97. The minimum Gasteiger partial charge on any atom is -0.497 e. The molecule has 1 N–H and O–H groups in total. The van der Waals surface area contributed by atoms with Gasteiger partial charge in [0.2, 0.25) is 0 Å². The van der Waals surface area contributed by atoms with Crippen LogP contribution in [0.1, 0.15) is 5.56 Å². The number of imidazole rings is 1. The van der Waals surface area contributed by atoms with E-state index in [1.807, 2.05) is 34.9 Å². The molecule has 0 bridgehead atoms. The third kappa shape index (κ3) is 2.17. The molecule has 0 aliphatic carbocycles. The summed E-state index contributed by atoms with van der Waals surface area (Å²) in [6.07, 6.45) is 0. The quantitative estimate of drug-likeness (QED) is 0.676. The van der Waals surface area contributed by atoms with Gasteiger partial charge in [-0.25, -0.2) is 0 Å². The highest BCUT2D eigenvalue weighted by atomic mass is 79.9. The van der Waals surface area contributed by atoms with Crippen LogP contribution in [0.25, 0.3) is 16.7 Å². The van der Waals surface area contributed by atoms with Crippen LogP contribution in [0, 0.1) is 11.7 Å². The number of aryl methyl sites for hydroxylation is 1. The largest absolute Gasteiger partial charge is 0.497 e. The molecule has 20 heavy (non-hydrogen) atoms. The van der Waals surface area contributed by atoms with Gasteiger partial charge in [-0.3, -0.25) is 4.57 Å². The molecule has 3 nitrogen and oxygen atoms in total. The number of hydrogen-bond donors (Lipinski definition) is 1. The minimum absolute atomic E-state index is 0.686. The Kier molecular flexibility index (Phi) is 3.40. The van der Waals surface area contributed by atoms with Crippen LogP contribution in [0.4, 0.5) is 0 Å². The smallest absolute Gasteiger partial charge is 0.182 e. The first-order valence-corrected chi connectivity index (χ1v) is 7.35. The topological polar surface area (TPSA) is 29.9 Å². The third-order valence-electron chi connectivity index (χ3n) is 3.29. The Labute approximate surface area is 130 Å². The van der Waals surface area contributed by atoms with E-state index in [-0.39, 0.29) is 0 Å². The second-order valence-electron chi connectivity index (χ2n) is 4.58. The highest BCUT2D eigenvalue weighted by molar-refractivity contribution is 9.10. The number of fused-ring (bicyclic) bond motifs is 1. The normalized spacial score (nSPS) is 10.9. The van der Waals surface area contributed by atoms with Crippen molar-refractivity contribution in [2.24, 2.45) is 0 Å². The zero-order chi connectivity index (χ0) is 14.3. The molecule has 0 radical (unpaired) electrons. The predicted molar refractivity (Wildman–Crippen MR) is 87.4 cm³/mol. The van der Waals surface area contributed by atoms with Gasteiger partial charge in [-0.15, -0.1) is 0 Å². The van der Waals surface area contributed by atoms with Gasteiger partial charge in [0.25, 0.3) is 0 Å². The molecule has 0 aliphatic rings. The van der Waals surface area contributed by atoms with Gasteiger partial charge < -0.3 is 9.72 Å². The number of ether oxygens (including phenoxy) is 1. The maximum Gasteiger partial charge on any atom is 0.182 e. The van der Waals surface area contributed by atoms with Crippen molar-refractivity contribution in [2.75, 3.05) is 7.11 Å². The minimum atomic E-state index is 0.686. The molecular formula is C15H13BrN2OS. The van der Waals surface area contributed by atoms with Crippen molar-refractivity contribution in [3.63, 3.8) is 0 Å². The molecule has 0 unspecified atom stereocenters. The van der Waals surface area contributed by atoms with Crippen LogP contribution in [-0.4, -0.2) is 16.7 Å². The lowest BCUT2D eigenvalue weighted by atomic mass is 10.2. The second kappa shape index (κ2) is 5.07. The molecule has 0 aliphatic heterocycles. The molecular weight excluding hydrogens is 336 g/mol. The number of aromatic nitrogens is 2. The Balaban J connectivity index is 2.29. The first-order chi connectivity index (χ1) is 9.60. The van der Waals surface area contributed by atoms with Crippen LogP contribution in [-0.2, 0) is 0 Å². The zero-order valence-corrected chi connectivity index (χ0v) is 13.5. The van der Waals surface area contributed by atoms with Crippen LogP contribution >= 0.6 is 28.1 Å². The van der Waals surface area contributed by atoms with Gasteiger partial charge in [0.15, 0.2) is 4.77 Å². The Bertz CT molecular complexity index is 851. The summed E-state index contributed by atoms with van der Waals surface area (Å²) >= 11 is 8.94. The van der Waals surface area contributed by atoms with Gasteiger partial charge in [0.05, 0.1) is 23.8 Å². The van der Waals surface area contributed by atoms with Crippen molar-refractivity contribution >= 4 is 39.2 Å². The third-order valence-corrected chi connectivity index (χ3v) is 4.07. The fourth-order valence-corrected chi connectivity index (χ4v) is 3.00. The maximum absolute atomic E-state index is 5.46. The SMILES string of the molecule is COc1ccc(-n2c(=S)[nH]c3cc(Br)ccc32)c(C)c1. The molecule has 5 heteroatoms. The number of H-pyrrole nitrogens is 1. The Morgan fingerprint density at radius 2 is 2.00 bits per heavy atom. The van der Waals surface area contributed by atoms with Crippen LogP contribution in [0.15, 0.2) is 40.9 Å². The van der Waals surface area contributed by atoms with Crippen LogP contribution in [0.5, 0.6) is 5.75 Å². The van der Waals surface area contributed by atoms with E-state index in [1.165, 1.54) is 0 Å². The Morgan fingerprint density at radius 3 is 2.70 bits per heavy atom. The van der Waals surface area contributed by atoms with E-state index in [0.29, 0.717) is 4.77 Å². The fourth-order valence-electron chi connectivity index (χ4n) is 2.33. The first kappa shape index (κ1) is 13.4. The molecule has 102 valence electrons. The summed E-state index contributed by atoms with van der Waals surface area (Å²) < 4.78 is 9.01. The number of nitrogens with zero attached hydrogens (tertiary/aromatic N) is 1. The lowest BCUT2D eigenvalue weighted by Gasteiger charge is -2.10. The summed E-state index contributed by atoms with van der Waals surface area (Å²) in [7, 11) is 1.67. The molecule has 0 fully saturated rings. The summed E-state index contributed by atoms with van der Waals surface area (Å²) in [4.78, 5) is 3.24. The van der Waals surface area contributed by atoms with Crippen molar-refractivity contribution in [3.05, 3.63) is 51.2 Å². The summed E-state index contributed by atoms with van der Waals surface area (Å²) in [6, 6.07) is 12.1. The number of aromatic amines is 1. The van der Waals surface area contributed by atoms with Crippen molar-refractivity contribution in [1.29, 1.82) is 0 Å². The average Bonchev–Trinajstić information content (AvgIpc) is 2.73. The first-order valence-electron chi connectivity index (χ1n) is 6.15. The Morgan fingerprint density at radius 1 is 1.20 bits per heavy atom. The van der Waals surface area contributed by atoms with Crippen LogP contribution in [0.3, 0.4) is 0 Å². The maximum atomic E-state index is 5.46. The second-order valence-corrected chi connectivity index (χ2v) is 5.88. The van der Waals surface area contributed by atoms with Crippen molar-refractivity contribution in [3.8, 4) is 11.4 Å². The molecule has 0 atom stereocenters. The van der Waals surface area contributed by atoms with Crippen molar-refractivity contribution < 1.29 is 4.74 Å². The van der Waals surface area contributed by atoms with E-state index in [1.54, 1.807) is 7.11 Å². The van der Waals surface area contributed by atoms with Gasteiger partial charge in [0, 0.05) is 4.47 Å². The monoisotopic (exact) mass is 348 g/mol.